The fraction of sp³-hybridized carbons (Fsp3) is 1.00. The highest BCUT2D eigenvalue weighted by Crippen LogP contribution is 1.93. The first kappa shape index (κ1) is 8.87. The van der Waals surface area contributed by atoms with Gasteiger partial charge in [-0.2, -0.15) is 8.42 Å². The molecule has 0 saturated heterocycles. The Kier molecular flexibility index (Phi) is 3.10. The van der Waals surface area contributed by atoms with Gasteiger partial charge in [-0.25, -0.2) is 0 Å². The number of hydrogen-bond donors (Lipinski definition) is 2. The average Bonchev–Trinajstić information content (AvgIpc) is 1.62. The summed E-state index contributed by atoms with van der Waals surface area (Å²) in [5, 5.41) is 8.65. The van der Waals surface area contributed by atoms with Gasteiger partial charge < -0.3 is 5.11 Å². The zero-order chi connectivity index (χ0) is 7.49. The molecule has 56 valence electrons. The van der Waals surface area contributed by atoms with Gasteiger partial charge in [-0.1, -0.05) is 6.92 Å². The lowest BCUT2D eigenvalue weighted by atomic mass is 10.3. The van der Waals surface area contributed by atoms with Gasteiger partial charge in [0.05, 0.1) is 6.10 Å². The Labute approximate surface area is 54.3 Å². The first-order valence-corrected chi connectivity index (χ1v) is 4.20. The van der Waals surface area contributed by atoms with E-state index in [1.54, 1.807) is 6.92 Å². The predicted molar refractivity (Wildman–Crippen MR) is 32.7 cm³/mol. The van der Waals surface area contributed by atoms with Gasteiger partial charge in [0.15, 0.2) is 0 Å². The number of hydrogen-bond acceptors (Lipinski definition) is 3. The van der Waals surface area contributed by atoms with Gasteiger partial charge in [-0.05, 0) is 6.42 Å². The summed E-state index contributed by atoms with van der Waals surface area (Å²) >= 11 is 0. The molecular weight excluding hydrogens is 144 g/mol. The van der Waals surface area contributed by atoms with Crippen molar-refractivity contribution in [3.8, 4) is 0 Å². The van der Waals surface area contributed by atoms with Crippen LogP contribution in [0.15, 0.2) is 0 Å². The van der Waals surface area contributed by atoms with Gasteiger partial charge in [-0.3, -0.25) is 4.55 Å². The highest BCUT2D eigenvalue weighted by Gasteiger charge is 2.10. The number of aliphatic hydroxyl groups is 1. The molecule has 0 saturated carbocycles. The molecule has 0 aromatic heterocycles. The van der Waals surface area contributed by atoms with E-state index in [2.05, 4.69) is 0 Å². The zero-order valence-corrected chi connectivity index (χ0v) is 5.93. The molecule has 0 radical (unpaired) electrons. The van der Waals surface area contributed by atoms with Crippen molar-refractivity contribution in [2.45, 2.75) is 19.4 Å². The van der Waals surface area contributed by atoms with E-state index >= 15 is 0 Å². The average molecular weight is 154 g/mol. The Morgan fingerprint density at radius 1 is 1.56 bits per heavy atom. The van der Waals surface area contributed by atoms with Crippen molar-refractivity contribution in [2.75, 3.05) is 5.75 Å². The lowest BCUT2D eigenvalue weighted by Gasteiger charge is -2.02. The lowest BCUT2D eigenvalue weighted by molar-refractivity contribution is 0.190. The fourth-order valence-electron chi connectivity index (χ4n) is 0.361. The third kappa shape index (κ3) is 5.75. The summed E-state index contributed by atoms with van der Waals surface area (Å²) in [6.07, 6.45) is -0.611. The van der Waals surface area contributed by atoms with Gasteiger partial charge in [0.1, 0.15) is 5.75 Å². The lowest BCUT2D eigenvalue weighted by Crippen LogP contribution is -2.18. The summed E-state index contributed by atoms with van der Waals surface area (Å²) in [4.78, 5) is 0. The molecule has 0 aliphatic heterocycles. The molecule has 1 unspecified atom stereocenters. The molecule has 0 spiro atoms. The van der Waals surface area contributed by atoms with Gasteiger partial charge in [0.25, 0.3) is 10.1 Å². The van der Waals surface area contributed by atoms with E-state index in [0.717, 1.165) is 0 Å². The van der Waals surface area contributed by atoms with E-state index in [9.17, 15) is 8.42 Å². The molecule has 9 heavy (non-hydrogen) atoms. The standard InChI is InChI=1S/C4H10O4S/c1-2-4(5)3-9(6,7)8/h4-5H,2-3H2,1H3,(H,6,7,8). The molecule has 0 aromatic rings. The summed E-state index contributed by atoms with van der Waals surface area (Å²) < 4.78 is 28.1. The Morgan fingerprint density at radius 2 is 2.00 bits per heavy atom. The van der Waals surface area contributed by atoms with E-state index in [0.29, 0.717) is 6.42 Å². The minimum absolute atomic E-state index is 0.333. The van der Waals surface area contributed by atoms with Crippen molar-refractivity contribution in [1.82, 2.24) is 0 Å². The Hall–Kier alpha value is -0.130. The molecule has 0 aliphatic carbocycles. The smallest absolute Gasteiger partial charge is 0.267 e. The second kappa shape index (κ2) is 3.14. The van der Waals surface area contributed by atoms with Gasteiger partial charge >= 0.3 is 0 Å². The van der Waals surface area contributed by atoms with Crippen LogP contribution in [0.1, 0.15) is 13.3 Å². The first-order valence-electron chi connectivity index (χ1n) is 2.59. The normalized spacial score (nSPS) is 15.4. The van der Waals surface area contributed by atoms with Crippen LogP contribution in [0.3, 0.4) is 0 Å². The zero-order valence-electron chi connectivity index (χ0n) is 5.11. The molecular formula is C4H10O4S. The number of rotatable bonds is 3. The van der Waals surface area contributed by atoms with E-state index in [1.165, 1.54) is 0 Å². The van der Waals surface area contributed by atoms with E-state index in [-0.39, 0.29) is 0 Å². The van der Waals surface area contributed by atoms with Crippen molar-refractivity contribution in [1.29, 1.82) is 0 Å². The summed E-state index contributed by atoms with van der Waals surface area (Å²) in [5.74, 6) is -0.566. The first-order chi connectivity index (χ1) is 3.95. The quantitative estimate of drug-likeness (QED) is 0.544. The third-order valence-electron chi connectivity index (χ3n) is 0.874. The van der Waals surface area contributed by atoms with Crippen LogP contribution in [0.5, 0.6) is 0 Å². The van der Waals surface area contributed by atoms with Crippen LogP contribution < -0.4 is 0 Å². The molecule has 0 aliphatic rings. The maximum absolute atomic E-state index is 10.00. The van der Waals surface area contributed by atoms with Crippen LogP contribution in [-0.2, 0) is 10.1 Å². The maximum atomic E-state index is 10.00. The van der Waals surface area contributed by atoms with Crippen molar-refractivity contribution in [2.24, 2.45) is 0 Å². The SMILES string of the molecule is CCC(O)CS(=O)(=O)O. The second-order valence-corrected chi connectivity index (χ2v) is 3.31. The van der Waals surface area contributed by atoms with Crippen LogP contribution in [0.4, 0.5) is 0 Å². The maximum Gasteiger partial charge on any atom is 0.267 e. The summed E-state index contributed by atoms with van der Waals surface area (Å²) in [5.41, 5.74) is 0. The van der Waals surface area contributed by atoms with Crippen LogP contribution in [-0.4, -0.2) is 29.9 Å². The van der Waals surface area contributed by atoms with E-state index < -0.39 is 22.0 Å². The minimum Gasteiger partial charge on any atom is -0.392 e. The molecule has 0 heterocycles. The highest BCUT2D eigenvalue weighted by atomic mass is 32.2. The fourth-order valence-corrected chi connectivity index (χ4v) is 1.08. The molecule has 5 heteroatoms. The van der Waals surface area contributed by atoms with Crippen molar-refractivity contribution in [3.05, 3.63) is 0 Å². The van der Waals surface area contributed by atoms with Crippen LogP contribution in [0.2, 0.25) is 0 Å². The molecule has 0 rings (SSSR count). The van der Waals surface area contributed by atoms with Gasteiger partial charge in [0, 0.05) is 0 Å². The Bertz CT molecular complexity index is 159. The summed E-state index contributed by atoms with van der Waals surface area (Å²) in [7, 11) is -3.99. The van der Waals surface area contributed by atoms with Crippen molar-refractivity contribution >= 4 is 10.1 Å². The molecule has 4 nitrogen and oxygen atoms in total. The largest absolute Gasteiger partial charge is 0.392 e. The Balaban J connectivity index is 3.75. The molecule has 0 bridgehead atoms. The molecule has 0 aromatic carbocycles. The molecule has 2 N–H and O–H groups in total. The van der Waals surface area contributed by atoms with Gasteiger partial charge in [0.2, 0.25) is 0 Å². The van der Waals surface area contributed by atoms with Crippen LogP contribution in [0, 0.1) is 0 Å². The van der Waals surface area contributed by atoms with Crippen molar-refractivity contribution in [3.63, 3.8) is 0 Å². The Morgan fingerprint density at radius 3 is 2.11 bits per heavy atom. The molecule has 0 amide bonds. The van der Waals surface area contributed by atoms with Crippen molar-refractivity contribution < 1.29 is 18.1 Å². The minimum atomic E-state index is -3.99. The molecule has 1 atom stereocenters. The second-order valence-electron chi connectivity index (χ2n) is 1.81. The summed E-state index contributed by atoms with van der Waals surface area (Å²) in [6, 6.07) is 0. The van der Waals surface area contributed by atoms with E-state index in [1.807, 2.05) is 0 Å². The van der Waals surface area contributed by atoms with E-state index in [4.69, 9.17) is 9.66 Å². The third-order valence-corrected chi connectivity index (χ3v) is 1.68. The monoisotopic (exact) mass is 154 g/mol. The summed E-state index contributed by atoms with van der Waals surface area (Å²) in [6.45, 7) is 1.63. The van der Waals surface area contributed by atoms with Crippen LogP contribution in [0.25, 0.3) is 0 Å². The highest BCUT2D eigenvalue weighted by molar-refractivity contribution is 7.85. The predicted octanol–water partition coefficient (Wildman–Crippen LogP) is -0.355. The molecule has 0 fully saturated rings. The number of aliphatic hydroxyl groups excluding tert-OH is 1. The van der Waals surface area contributed by atoms with Gasteiger partial charge in [-0.15, -0.1) is 0 Å². The topological polar surface area (TPSA) is 74.6 Å². The van der Waals surface area contributed by atoms with Crippen LogP contribution >= 0.6 is 0 Å².